The topological polar surface area (TPSA) is 58.6 Å². The highest BCUT2D eigenvalue weighted by molar-refractivity contribution is 7.92. The molecule has 0 radical (unpaired) electrons. The Balaban J connectivity index is 2.36. The Kier molecular flexibility index (Phi) is 5.15. The standard InChI is InChI=1S/C17H22N2O3S/c1-5-22-17-12-14(19(3)4)8-11-16(17)18-23(20,21)15-9-6-13(2)7-10-15/h6-12,18H,5H2,1-4H3. The molecule has 2 aromatic carbocycles. The van der Waals surface area contributed by atoms with Crippen LogP contribution < -0.4 is 14.4 Å². The molecular formula is C17H22N2O3S. The van der Waals surface area contributed by atoms with E-state index in [0.717, 1.165) is 11.3 Å². The van der Waals surface area contributed by atoms with Crippen LogP contribution in [0.4, 0.5) is 11.4 Å². The Hall–Kier alpha value is -2.21. The lowest BCUT2D eigenvalue weighted by atomic mass is 10.2. The molecule has 0 unspecified atom stereocenters. The fraction of sp³-hybridized carbons (Fsp3) is 0.294. The number of ether oxygens (including phenoxy) is 1. The first-order chi connectivity index (χ1) is 10.8. The fourth-order valence-corrected chi connectivity index (χ4v) is 3.14. The second kappa shape index (κ2) is 6.91. The van der Waals surface area contributed by atoms with Crippen LogP contribution in [0.3, 0.4) is 0 Å². The van der Waals surface area contributed by atoms with Crippen molar-refractivity contribution in [3.05, 3.63) is 48.0 Å². The summed E-state index contributed by atoms with van der Waals surface area (Å²) in [4.78, 5) is 2.16. The molecule has 23 heavy (non-hydrogen) atoms. The van der Waals surface area contributed by atoms with E-state index >= 15 is 0 Å². The second-order valence-corrected chi connectivity index (χ2v) is 7.11. The summed E-state index contributed by atoms with van der Waals surface area (Å²) in [7, 11) is 0.188. The van der Waals surface area contributed by atoms with E-state index in [1.165, 1.54) is 0 Å². The number of hydrogen-bond acceptors (Lipinski definition) is 4. The van der Waals surface area contributed by atoms with E-state index in [2.05, 4.69) is 4.72 Å². The van der Waals surface area contributed by atoms with Crippen molar-refractivity contribution in [2.45, 2.75) is 18.7 Å². The van der Waals surface area contributed by atoms with Crippen molar-refractivity contribution in [2.24, 2.45) is 0 Å². The third kappa shape index (κ3) is 4.16. The van der Waals surface area contributed by atoms with Gasteiger partial charge in [-0.15, -0.1) is 0 Å². The van der Waals surface area contributed by atoms with Gasteiger partial charge in [-0.3, -0.25) is 4.72 Å². The average molecular weight is 334 g/mol. The van der Waals surface area contributed by atoms with Crippen LogP contribution in [0.1, 0.15) is 12.5 Å². The summed E-state index contributed by atoms with van der Waals surface area (Å²) in [5.41, 5.74) is 2.37. The van der Waals surface area contributed by atoms with Gasteiger partial charge in [-0.2, -0.15) is 0 Å². The number of aryl methyl sites for hydroxylation is 1. The normalized spacial score (nSPS) is 11.1. The van der Waals surface area contributed by atoms with Crippen molar-refractivity contribution in [1.82, 2.24) is 0 Å². The fourth-order valence-electron chi connectivity index (χ4n) is 2.07. The molecule has 0 aromatic heterocycles. The highest BCUT2D eigenvalue weighted by Crippen LogP contribution is 2.31. The van der Waals surface area contributed by atoms with Crippen molar-refractivity contribution in [1.29, 1.82) is 0 Å². The molecule has 0 fully saturated rings. The van der Waals surface area contributed by atoms with E-state index in [-0.39, 0.29) is 4.90 Å². The number of anilines is 2. The summed E-state index contributed by atoms with van der Waals surface area (Å²) in [6.45, 7) is 4.23. The summed E-state index contributed by atoms with van der Waals surface area (Å²) in [6, 6.07) is 12.1. The van der Waals surface area contributed by atoms with Gasteiger partial charge in [0.05, 0.1) is 17.2 Å². The molecule has 6 heteroatoms. The Bertz CT molecular complexity index is 769. The van der Waals surface area contributed by atoms with Crippen LogP contribution in [-0.2, 0) is 10.0 Å². The molecule has 0 bridgehead atoms. The molecule has 0 aliphatic heterocycles. The highest BCUT2D eigenvalue weighted by Gasteiger charge is 2.17. The molecule has 0 saturated heterocycles. The lowest BCUT2D eigenvalue weighted by Crippen LogP contribution is -2.15. The number of sulfonamides is 1. The van der Waals surface area contributed by atoms with Crippen LogP contribution in [0.5, 0.6) is 5.75 Å². The summed E-state index contributed by atoms with van der Waals surface area (Å²) < 4.78 is 33.2. The maximum Gasteiger partial charge on any atom is 0.262 e. The first-order valence-corrected chi connectivity index (χ1v) is 8.85. The number of nitrogens with zero attached hydrogens (tertiary/aromatic N) is 1. The van der Waals surface area contributed by atoms with Crippen LogP contribution in [0, 0.1) is 6.92 Å². The van der Waals surface area contributed by atoms with Crippen molar-refractivity contribution in [3.8, 4) is 5.75 Å². The van der Waals surface area contributed by atoms with E-state index in [1.807, 2.05) is 45.0 Å². The minimum absolute atomic E-state index is 0.224. The number of hydrogen-bond donors (Lipinski definition) is 1. The van der Waals surface area contributed by atoms with Gasteiger partial charge >= 0.3 is 0 Å². The minimum Gasteiger partial charge on any atom is -0.492 e. The molecule has 0 atom stereocenters. The van der Waals surface area contributed by atoms with Gasteiger partial charge in [-0.25, -0.2) is 8.42 Å². The van der Waals surface area contributed by atoms with Gasteiger partial charge < -0.3 is 9.64 Å². The maximum absolute atomic E-state index is 12.5. The molecule has 0 saturated carbocycles. The maximum atomic E-state index is 12.5. The Morgan fingerprint density at radius 1 is 1.09 bits per heavy atom. The van der Waals surface area contributed by atoms with Crippen LogP contribution >= 0.6 is 0 Å². The molecule has 0 aliphatic carbocycles. The number of rotatable bonds is 6. The summed E-state index contributed by atoms with van der Waals surface area (Å²) >= 11 is 0. The van der Waals surface area contributed by atoms with Crippen LogP contribution in [0.25, 0.3) is 0 Å². The molecule has 0 aliphatic rings. The van der Waals surface area contributed by atoms with Crippen molar-refractivity contribution in [2.75, 3.05) is 30.3 Å². The second-order valence-electron chi connectivity index (χ2n) is 5.43. The van der Waals surface area contributed by atoms with E-state index in [1.54, 1.807) is 30.3 Å². The van der Waals surface area contributed by atoms with Crippen molar-refractivity contribution in [3.63, 3.8) is 0 Å². The van der Waals surface area contributed by atoms with E-state index in [4.69, 9.17) is 4.74 Å². The first kappa shape index (κ1) is 17.1. The largest absolute Gasteiger partial charge is 0.492 e. The molecule has 124 valence electrons. The molecular weight excluding hydrogens is 312 g/mol. The van der Waals surface area contributed by atoms with E-state index < -0.39 is 10.0 Å². The first-order valence-electron chi connectivity index (χ1n) is 7.37. The predicted octanol–water partition coefficient (Wildman–Crippen LogP) is 3.26. The monoisotopic (exact) mass is 334 g/mol. The van der Waals surface area contributed by atoms with Crippen LogP contribution in [0.2, 0.25) is 0 Å². The van der Waals surface area contributed by atoms with Gasteiger partial charge in [0.15, 0.2) is 0 Å². The third-order valence-corrected chi connectivity index (χ3v) is 4.74. The quantitative estimate of drug-likeness (QED) is 0.881. The van der Waals surface area contributed by atoms with E-state index in [9.17, 15) is 8.42 Å². The van der Waals surface area contributed by atoms with Gasteiger partial charge in [-0.1, -0.05) is 17.7 Å². The molecule has 0 amide bonds. The highest BCUT2D eigenvalue weighted by atomic mass is 32.2. The van der Waals surface area contributed by atoms with Gasteiger partial charge in [0.1, 0.15) is 5.75 Å². The van der Waals surface area contributed by atoms with Crippen LogP contribution in [0.15, 0.2) is 47.4 Å². The van der Waals surface area contributed by atoms with Crippen molar-refractivity contribution >= 4 is 21.4 Å². The molecule has 2 aromatic rings. The van der Waals surface area contributed by atoms with Gasteiger partial charge in [-0.05, 0) is 38.1 Å². The lowest BCUT2D eigenvalue weighted by Gasteiger charge is -2.17. The molecule has 0 heterocycles. The molecule has 2 rings (SSSR count). The zero-order valence-corrected chi connectivity index (χ0v) is 14.6. The summed E-state index contributed by atoms with van der Waals surface area (Å²) in [5.74, 6) is 0.509. The minimum atomic E-state index is -3.65. The summed E-state index contributed by atoms with van der Waals surface area (Å²) in [6.07, 6.45) is 0. The smallest absolute Gasteiger partial charge is 0.262 e. The van der Waals surface area contributed by atoms with Gasteiger partial charge in [0.25, 0.3) is 10.0 Å². The average Bonchev–Trinajstić information content (AvgIpc) is 2.49. The predicted molar refractivity (Wildman–Crippen MR) is 93.9 cm³/mol. The van der Waals surface area contributed by atoms with E-state index in [0.29, 0.717) is 18.0 Å². The van der Waals surface area contributed by atoms with Gasteiger partial charge in [0, 0.05) is 25.8 Å². The zero-order chi connectivity index (χ0) is 17.0. The van der Waals surface area contributed by atoms with Crippen molar-refractivity contribution < 1.29 is 13.2 Å². The number of nitrogens with one attached hydrogen (secondary N) is 1. The Labute approximate surface area is 137 Å². The van der Waals surface area contributed by atoms with Crippen LogP contribution in [-0.4, -0.2) is 29.1 Å². The third-order valence-electron chi connectivity index (χ3n) is 3.36. The zero-order valence-electron chi connectivity index (χ0n) is 13.8. The summed E-state index contributed by atoms with van der Waals surface area (Å²) in [5, 5.41) is 0. The Morgan fingerprint density at radius 3 is 2.30 bits per heavy atom. The number of benzene rings is 2. The SMILES string of the molecule is CCOc1cc(N(C)C)ccc1NS(=O)(=O)c1ccc(C)cc1. The lowest BCUT2D eigenvalue weighted by molar-refractivity contribution is 0.342. The molecule has 0 spiro atoms. The molecule has 1 N–H and O–H groups in total. The molecule has 5 nitrogen and oxygen atoms in total. The Morgan fingerprint density at radius 2 is 1.74 bits per heavy atom. The van der Waals surface area contributed by atoms with Gasteiger partial charge in [0.2, 0.25) is 0 Å².